The molecule has 0 radical (unpaired) electrons. The van der Waals surface area contributed by atoms with Gasteiger partial charge in [-0.25, -0.2) is 4.39 Å². The minimum atomic E-state index is -0.270. The Bertz CT molecular complexity index is 947. The summed E-state index contributed by atoms with van der Waals surface area (Å²) < 4.78 is 24.5. The minimum Gasteiger partial charge on any atom is -0.494 e. The summed E-state index contributed by atoms with van der Waals surface area (Å²) in [6, 6.07) is 22.4. The second kappa shape index (κ2) is 10.1. The van der Waals surface area contributed by atoms with Crippen molar-refractivity contribution in [2.75, 3.05) is 6.61 Å². The maximum atomic E-state index is 13.1. The van der Waals surface area contributed by atoms with Crippen LogP contribution in [0.25, 0.3) is 0 Å². The molecule has 0 aliphatic rings. The molecule has 30 heavy (non-hydrogen) atoms. The average molecular weight is 405 g/mol. The Hall–Kier alpha value is -3.07. The maximum Gasteiger partial charge on any atom is 0.127 e. The van der Waals surface area contributed by atoms with Crippen LogP contribution < -0.4 is 9.47 Å². The van der Waals surface area contributed by atoms with Crippen LogP contribution in [0, 0.1) is 5.82 Å². The highest BCUT2D eigenvalue weighted by molar-refractivity contribution is 5.36. The van der Waals surface area contributed by atoms with Gasteiger partial charge in [0.15, 0.2) is 0 Å². The van der Waals surface area contributed by atoms with E-state index in [-0.39, 0.29) is 11.2 Å². The molecule has 0 aliphatic carbocycles. The number of aryl methyl sites for hydroxylation is 1. The van der Waals surface area contributed by atoms with E-state index in [1.807, 2.05) is 43.3 Å². The van der Waals surface area contributed by atoms with Crippen LogP contribution in [0.3, 0.4) is 0 Å². The first kappa shape index (κ1) is 21.6. The van der Waals surface area contributed by atoms with Gasteiger partial charge in [-0.1, -0.05) is 37.3 Å². The van der Waals surface area contributed by atoms with E-state index >= 15 is 0 Å². The molecule has 0 saturated carbocycles. The van der Waals surface area contributed by atoms with Gasteiger partial charge in [0.2, 0.25) is 0 Å². The molecule has 3 aromatic carbocycles. The molecule has 0 aromatic heterocycles. The van der Waals surface area contributed by atoms with Crippen molar-refractivity contribution >= 4 is 0 Å². The van der Waals surface area contributed by atoms with Crippen molar-refractivity contribution in [1.29, 1.82) is 0 Å². The van der Waals surface area contributed by atoms with Crippen LogP contribution in [0.4, 0.5) is 4.39 Å². The molecule has 3 aromatic rings. The summed E-state index contributed by atoms with van der Waals surface area (Å²) in [4.78, 5) is 0. The highest BCUT2D eigenvalue weighted by atomic mass is 19.1. The predicted octanol–water partition coefficient (Wildman–Crippen LogP) is 7.48. The Labute approximate surface area is 179 Å². The molecule has 3 rings (SSSR count). The van der Waals surface area contributed by atoms with E-state index in [1.54, 1.807) is 12.1 Å². The first-order chi connectivity index (χ1) is 14.5. The SMILES string of the molecule is C=CC(C)(CCCc1cccc(Oc2ccc(F)cc2)c1)c1ccc(OCC)cc1. The fraction of sp³-hybridized carbons (Fsp3) is 0.259. The number of rotatable bonds is 10. The third-order valence-electron chi connectivity index (χ3n) is 5.38. The normalized spacial score (nSPS) is 12.8. The molecule has 0 amide bonds. The van der Waals surface area contributed by atoms with E-state index in [2.05, 4.69) is 31.7 Å². The maximum absolute atomic E-state index is 13.1. The lowest BCUT2D eigenvalue weighted by molar-refractivity contribution is 0.340. The summed E-state index contributed by atoms with van der Waals surface area (Å²) in [5.74, 6) is 2.01. The number of allylic oxidation sites excluding steroid dienone is 1. The van der Waals surface area contributed by atoms with Gasteiger partial charge in [0, 0.05) is 5.41 Å². The van der Waals surface area contributed by atoms with Gasteiger partial charge in [-0.05, 0) is 85.8 Å². The molecule has 0 saturated heterocycles. The Morgan fingerprint density at radius 2 is 1.63 bits per heavy atom. The fourth-order valence-electron chi connectivity index (χ4n) is 3.53. The van der Waals surface area contributed by atoms with E-state index in [0.717, 1.165) is 30.8 Å². The standard InChI is InChI=1S/C27H29FO2/c1-4-27(3,22-11-15-24(16-12-22)29-5-2)19-7-9-21-8-6-10-26(20-21)30-25-17-13-23(28)14-18-25/h4,6,8,10-18,20H,1,5,7,9,19H2,2-3H3. The summed E-state index contributed by atoms with van der Waals surface area (Å²) in [6.45, 7) is 8.96. The molecule has 1 unspecified atom stereocenters. The molecule has 3 heteroatoms. The quantitative estimate of drug-likeness (QED) is 0.326. The highest BCUT2D eigenvalue weighted by Gasteiger charge is 2.22. The summed E-state index contributed by atoms with van der Waals surface area (Å²) in [6.07, 6.45) is 5.00. The van der Waals surface area contributed by atoms with Crippen molar-refractivity contribution in [3.63, 3.8) is 0 Å². The first-order valence-electron chi connectivity index (χ1n) is 10.4. The minimum absolute atomic E-state index is 0.0903. The zero-order valence-electron chi connectivity index (χ0n) is 17.7. The molecule has 2 nitrogen and oxygen atoms in total. The zero-order chi connectivity index (χ0) is 21.4. The average Bonchev–Trinajstić information content (AvgIpc) is 2.76. The van der Waals surface area contributed by atoms with Crippen molar-refractivity contribution in [1.82, 2.24) is 0 Å². The third-order valence-corrected chi connectivity index (χ3v) is 5.38. The lowest BCUT2D eigenvalue weighted by Crippen LogP contribution is -2.18. The summed E-state index contributed by atoms with van der Waals surface area (Å²) >= 11 is 0. The number of hydrogen-bond donors (Lipinski definition) is 0. The topological polar surface area (TPSA) is 18.5 Å². The van der Waals surface area contributed by atoms with Gasteiger partial charge in [-0.2, -0.15) is 0 Å². The monoisotopic (exact) mass is 404 g/mol. The van der Waals surface area contributed by atoms with Crippen molar-refractivity contribution in [3.05, 3.63) is 102 Å². The van der Waals surface area contributed by atoms with Crippen molar-refractivity contribution in [2.24, 2.45) is 0 Å². The summed E-state index contributed by atoms with van der Waals surface area (Å²) in [5.41, 5.74) is 2.37. The van der Waals surface area contributed by atoms with Gasteiger partial charge in [0.25, 0.3) is 0 Å². The van der Waals surface area contributed by atoms with Gasteiger partial charge in [0.05, 0.1) is 6.61 Å². The molecular formula is C27H29FO2. The molecule has 0 fully saturated rings. The molecule has 0 spiro atoms. The molecule has 1 atom stereocenters. The van der Waals surface area contributed by atoms with Crippen LogP contribution in [-0.4, -0.2) is 6.61 Å². The first-order valence-corrected chi connectivity index (χ1v) is 10.4. The van der Waals surface area contributed by atoms with Gasteiger partial charge >= 0.3 is 0 Å². The number of hydrogen-bond acceptors (Lipinski definition) is 2. The van der Waals surface area contributed by atoms with E-state index in [9.17, 15) is 4.39 Å². The summed E-state index contributed by atoms with van der Waals surface area (Å²) in [7, 11) is 0. The highest BCUT2D eigenvalue weighted by Crippen LogP contribution is 2.32. The van der Waals surface area contributed by atoms with Gasteiger partial charge in [-0.15, -0.1) is 6.58 Å². The largest absolute Gasteiger partial charge is 0.494 e. The van der Waals surface area contributed by atoms with Gasteiger partial charge < -0.3 is 9.47 Å². The Morgan fingerprint density at radius 3 is 2.30 bits per heavy atom. The molecule has 0 aliphatic heterocycles. The van der Waals surface area contributed by atoms with Crippen LogP contribution in [0.5, 0.6) is 17.2 Å². The zero-order valence-corrected chi connectivity index (χ0v) is 17.7. The smallest absolute Gasteiger partial charge is 0.127 e. The second-order valence-corrected chi connectivity index (χ2v) is 7.64. The van der Waals surface area contributed by atoms with E-state index in [4.69, 9.17) is 9.47 Å². The van der Waals surface area contributed by atoms with Crippen LogP contribution in [0.2, 0.25) is 0 Å². The van der Waals surface area contributed by atoms with Crippen molar-refractivity contribution < 1.29 is 13.9 Å². The van der Waals surface area contributed by atoms with Crippen LogP contribution in [-0.2, 0) is 11.8 Å². The Balaban J connectivity index is 1.60. The Morgan fingerprint density at radius 1 is 0.933 bits per heavy atom. The van der Waals surface area contributed by atoms with E-state index in [0.29, 0.717) is 12.4 Å². The lowest BCUT2D eigenvalue weighted by atomic mass is 9.78. The molecule has 0 heterocycles. The molecule has 0 bridgehead atoms. The van der Waals surface area contributed by atoms with E-state index in [1.165, 1.54) is 23.3 Å². The molecular weight excluding hydrogens is 375 g/mol. The number of benzene rings is 3. The third kappa shape index (κ3) is 5.73. The van der Waals surface area contributed by atoms with Crippen molar-refractivity contribution in [2.45, 2.75) is 38.5 Å². The number of ether oxygens (including phenoxy) is 2. The van der Waals surface area contributed by atoms with Crippen LogP contribution in [0.1, 0.15) is 37.8 Å². The number of halogens is 1. The lowest BCUT2D eigenvalue weighted by Gasteiger charge is -2.27. The second-order valence-electron chi connectivity index (χ2n) is 7.64. The van der Waals surface area contributed by atoms with Gasteiger partial charge in [-0.3, -0.25) is 0 Å². The predicted molar refractivity (Wildman–Crippen MR) is 121 cm³/mol. The summed E-state index contributed by atoms with van der Waals surface area (Å²) in [5, 5.41) is 0. The molecule has 0 N–H and O–H groups in total. The van der Waals surface area contributed by atoms with Crippen LogP contribution in [0.15, 0.2) is 85.5 Å². The van der Waals surface area contributed by atoms with Crippen LogP contribution >= 0.6 is 0 Å². The van der Waals surface area contributed by atoms with Crippen molar-refractivity contribution in [3.8, 4) is 17.2 Å². The van der Waals surface area contributed by atoms with E-state index < -0.39 is 0 Å². The Kier molecular flexibility index (Phi) is 7.29. The fourth-order valence-corrected chi connectivity index (χ4v) is 3.53. The molecule has 156 valence electrons. The van der Waals surface area contributed by atoms with Gasteiger partial charge in [0.1, 0.15) is 23.1 Å².